The van der Waals surface area contributed by atoms with E-state index in [1.54, 1.807) is 0 Å². The van der Waals surface area contributed by atoms with Crippen molar-refractivity contribution in [3.63, 3.8) is 0 Å². The molecule has 1 N–H and O–H groups in total. The summed E-state index contributed by atoms with van der Waals surface area (Å²) < 4.78 is 521. The lowest BCUT2D eigenvalue weighted by atomic mass is 9.82. The molecule has 0 heterocycles. The molecule has 0 aromatic rings. The van der Waals surface area contributed by atoms with Crippen molar-refractivity contribution >= 4 is 6.47 Å². The van der Waals surface area contributed by atoms with Crippen molar-refractivity contribution in [2.45, 2.75) is 119 Å². The van der Waals surface area contributed by atoms with Crippen LogP contribution in [-0.4, -0.2) is 163 Å². The van der Waals surface area contributed by atoms with Crippen LogP contribution in [0.2, 0.25) is 0 Å². The molecule has 0 radical (unpaired) electrons. The number of carbonyl (C=O) groups is 1. The molecule has 0 aliphatic heterocycles. The summed E-state index contributed by atoms with van der Waals surface area (Å²) >= 11 is 0. The zero-order valence-electron chi connectivity index (χ0n) is 30.3. The minimum absolute atomic E-state index is 0.350. The van der Waals surface area contributed by atoms with Gasteiger partial charge >= 0.3 is 107 Å². The minimum atomic E-state index is -10.5. The van der Waals surface area contributed by atoms with Crippen LogP contribution in [0.4, 0.5) is 162 Å². The van der Waals surface area contributed by atoms with Gasteiger partial charge in [-0.2, -0.15) is 162 Å². The maximum Gasteiger partial charge on any atom is 0.460 e. The molecule has 0 aromatic carbocycles. The number of hydrogen-bond donors (Lipinski definition) is 1. The van der Waals surface area contributed by atoms with E-state index in [0.717, 1.165) is 0 Å². The van der Waals surface area contributed by atoms with Gasteiger partial charge in [-0.3, -0.25) is 4.79 Å². The van der Waals surface area contributed by atoms with Crippen LogP contribution in [0.5, 0.6) is 0 Å². The summed E-state index contributed by atoms with van der Waals surface area (Å²) in [6, 6.07) is 0. The molecule has 0 aliphatic carbocycles. The van der Waals surface area contributed by atoms with Gasteiger partial charge in [0.25, 0.3) is 6.47 Å². The second-order valence-electron chi connectivity index (χ2n) is 13.1. The molecule has 0 aromatic heterocycles. The maximum absolute atomic E-state index is 14.8. The van der Waals surface area contributed by atoms with Gasteiger partial charge in [-0.05, 0) is 14.1 Å². The summed E-state index contributed by atoms with van der Waals surface area (Å²) in [5, 5.41) is 8.68. The lowest BCUT2D eigenvalue weighted by Gasteiger charge is -2.47. The van der Waals surface area contributed by atoms with Crippen LogP contribution in [0.1, 0.15) is 0 Å². The Bertz CT molecular complexity index is 1730. The van der Waals surface area contributed by atoms with Crippen molar-refractivity contribution in [3.05, 3.63) is 0 Å². The molecule has 2 unspecified atom stereocenters. The van der Waals surface area contributed by atoms with Crippen LogP contribution < -0.4 is 0 Å². The standard InChI is InChI=1S/C25H14F37NO4/c1-63(2)3-6(66-4-64)7(67-5-65)8(26,27)9(28,29)10(30,31)11(32,33)12(34,35)13(36,37)14(38,39)15(40,41)16(42,43)17(44,45)18(46,47)19(48,49)20(50,51)21(52,53)22(54,55)23(56,57)24(58,59)25(60,61)62/h5-7,64H,3-4H2,1-2H3. The van der Waals surface area contributed by atoms with Crippen LogP contribution in [0.25, 0.3) is 0 Å². The van der Waals surface area contributed by atoms with Gasteiger partial charge in [0.2, 0.25) is 0 Å². The first-order valence-corrected chi connectivity index (χ1v) is 15.0. The molecular formula is C25H14F37NO4. The number of halogens is 37. The first kappa shape index (κ1) is 63.8. The van der Waals surface area contributed by atoms with Crippen LogP contribution in [0.15, 0.2) is 0 Å². The molecule has 2 atom stereocenters. The van der Waals surface area contributed by atoms with Gasteiger partial charge in [0.05, 0.1) is 0 Å². The van der Waals surface area contributed by atoms with E-state index >= 15 is 0 Å². The Morgan fingerprint density at radius 1 is 0.373 bits per heavy atom. The molecule has 0 spiro atoms. The first-order valence-electron chi connectivity index (χ1n) is 15.0. The maximum atomic E-state index is 14.8. The predicted molar refractivity (Wildman–Crippen MR) is 132 cm³/mol. The summed E-state index contributed by atoms with van der Waals surface area (Å²) in [7, 11) is 1.23. The van der Waals surface area contributed by atoms with Crippen LogP contribution >= 0.6 is 0 Å². The summed E-state index contributed by atoms with van der Waals surface area (Å²) in [4.78, 5) is 10.9. The van der Waals surface area contributed by atoms with Crippen LogP contribution in [0, 0.1) is 0 Å². The number of alkyl halides is 37. The zero-order valence-corrected chi connectivity index (χ0v) is 30.3. The van der Waals surface area contributed by atoms with Crippen molar-refractivity contribution in [2.24, 2.45) is 0 Å². The normalized spacial score (nSPS) is 17.5. The molecule has 0 saturated heterocycles. The second-order valence-corrected chi connectivity index (χ2v) is 13.1. The van der Waals surface area contributed by atoms with E-state index in [1.807, 2.05) is 0 Å². The number of ether oxygens (including phenoxy) is 2. The van der Waals surface area contributed by atoms with Gasteiger partial charge in [-0.1, -0.05) is 0 Å². The minimum Gasteiger partial charge on any atom is -0.455 e. The van der Waals surface area contributed by atoms with Gasteiger partial charge < -0.3 is 19.5 Å². The van der Waals surface area contributed by atoms with Crippen LogP contribution in [0.3, 0.4) is 0 Å². The van der Waals surface area contributed by atoms with Gasteiger partial charge in [-0.15, -0.1) is 0 Å². The number of hydrogen-bond acceptors (Lipinski definition) is 5. The molecule has 0 aliphatic rings. The average molecular weight is 1100 g/mol. The lowest BCUT2D eigenvalue weighted by Crippen LogP contribution is -2.80. The monoisotopic (exact) mass is 1100 g/mol. The highest BCUT2D eigenvalue weighted by atomic mass is 19.4. The summed E-state index contributed by atoms with van der Waals surface area (Å²) in [6.07, 6.45) is -16.6. The number of aliphatic hydroxyl groups excluding tert-OH is 1. The van der Waals surface area contributed by atoms with Crippen molar-refractivity contribution in [3.8, 4) is 0 Å². The number of carbonyl (C=O) groups excluding carboxylic acids is 1. The van der Waals surface area contributed by atoms with E-state index in [1.165, 1.54) is 0 Å². The third-order valence-electron chi connectivity index (χ3n) is 8.42. The van der Waals surface area contributed by atoms with E-state index in [-0.39, 0.29) is 0 Å². The van der Waals surface area contributed by atoms with E-state index in [0.29, 0.717) is 19.0 Å². The van der Waals surface area contributed by atoms with Crippen molar-refractivity contribution in [1.82, 2.24) is 4.90 Å². The van der Waals surface area contributed by atoms with E-state index in [2.05, 4.69) is 9.47 Å². The van der Waals surface area contributed by atoms with E-state index < -0.39 is 139 Å². The molecule has 402 valence electrons. The van der Waals surface area contributed by atoms with Gasteiger partial charge in [-0.25, -0.2) is 0 Å². The topological polar surface area (TPSA) is 59.0 Å². The molecule has 5 nitrogen and oxygen atoms in total. The van der Waals surface area contributed by atoms with Crippen molar-refractivity contribution < 1.29 is 182 Å². The Morgan fingerprint density at radius 3 is 0.731 bits per heavy atom. The number of aliphatic hydroxyl groups is 1. The highest BCUT2D eigenvalue weighted by molar-refractivity contribution is 5.38. The van der Waals surface area contributed by atoms with Crippen LogP contribution in [-0.2, 0) is 14.3 Å². The van der Waals surface area contributed by atoms with Gasteiger partial charge in [0.1, 0.15) is 12.9 Å². The number of rotatable bonds is 24. The third kappa shape index (κ3) is 8.04. The Hall–Kier alpha value is -3.24. The SMILES string of the molecule is CN(C)CC(OCO)C(OC=O)C(F)(F)C(F)(F)C(F)(F)C(F)(F)C(F)(F)C(F)(F)C(F)(F)C(F)(F)C(F)(F)C(F)(F)C(F)(F)C(F)(F)C(F)(F)C(F)(F)C(F)(F)C(F)(F)C(F)(F)C(F)(F)F. The smallest absolute Gasteiger partial charge is 0.455 e. The number of likely N-dealkylation sites (N-methyl/N-ethyl adjacent to an activating group) is 1. The second kappa shape index (κ2) is 17.0. The first-order chi connectivity index (χ1) is 28.6. The number of nitrogens with zero attached hydrogens (tertiary/aromatic N) is 1. The Morgan fingerprint density at radius 2 is 0.567 bits per heavy atom. The third-order valence-corrected chi connectivity index (χ3v) is 8.42. The Labute approximate surface area is 341 Å². The zero-order chi connectivity index (χ0) is 55.3. The Kier molecular flexibility index (Phi) is 16.2. The molecule has 0 amide bonds. The summed E-state index contributed by atoms with van der Waals surface area (Å²) in [5.74, 6) is -168. The lowest BCUT2D eigenvalue weighted by molar-refractivity contribution is -0.494. The Balaban J connectivity index is 8.00. The largest absolute Gasteiger partial charge is 0.460 e. The van der Waals surface area contributed by atoms with Gasteiger partial charge in [0, 0.05) is 6.54 Å². The van der Waals surface area contributed by atoms with Crippen molar-refractivity contribution in [1.29, 1.82) is 0 Å². The highest BCUT2D eigenvalue weighted by Gasteiger charge is 3.02. The molecule has 67 heavy (non-hydrogen) atoms. The van der Waals surface area contributed by atoms with Gasteiger partial charge in [0.15, 0.2) is 6.10 Å². The predicted octanol–water partition coefficient (Wildman–Crippen LogP) is 10.8. The summed E-state index contributed by atoms with van der Waals surface area (Å²) in [6.45, 7) is -5.33. The molecule has 0 rings (SSSR count). The fraction of sp³-hybridized carbons (Fsp3) is 0.960. The molecular weight excluding hydrogens is 1080 g/mol. The average Bonchev–Trinajstić information content (AvgIpc) is 3.11. The van der Waals surface area contributed by atoms with E-state index in [4.69, 9.17) is 5.11 Å². The fourth-order valence-electron chi connectivity index (χ4n) is 4.48. The quantitative estimate of drug-likeness (QED) is 0.0593. The van der Waals surface area contributed by atoms with E-state index in [9.17, 15) is 167 Å². The molecule has 42 heteroatoms. The molecule has 0 saturated carbocycles. The fourth-order valence-corrected chi connectivity index (χ4v) is 4.48. The molecule has 0 bridgehead atoms. The van der Waals surface area contributed by atoms with Crippen molar-refractivity contribution in [2.75, 3.05) is 27.4 Å². The molecule has 0 fully saturated rings. The summed E-state index contributed by atoms with van der Waals surface area (Å²) in [5.41, 5.74) is 0. The highest BCUT2D eigenvalue weighted by Crippen LogP contribution is 2.71.